The topological polar surface area (TPSA) is 96.1 Å². The molecule has 2 amide bonds. The van der Waals surface area contributed by atoms with Crippen LogP contribution in [0.2, 0.25) is 0 Å². The molecule has 0 saturated heterocycles. The van der Waals surface area contributed by atoms with Crippen LogP contribution in [0.15, 0.2) is 48.5 Å². The molecule has 3 N–H and O–H groups in total. The molecule has 7 heteroatoms. The molecule has 0 aliphatic heterocycles. The minimum Gasteiger partial charge on any atom is -0.494 e. The summed E-state index contributed by atoms with van der Waals surface area (Å²) in [5.41, 5.74) is 2.24. The van der Waals surface area contributed by atoms with E-state index in [4.69, 9.17) is 4.74 Å². The fourth-order valence-electron chi connectivity index (χ4n) is 2.84. The van der Waals surface area contributed by atoms with Gasteiger partial charge in [0.1, 0.15) is 11.6 Å². The van der Waals surface area contributed by atoms with Crippen LogP contribution in [-0.4, -0.2) is 34.9 Å². The number of nitrogens with one attached hydrogen (secondary N) is 3. The van der Waals surface area contributed by atoms with Gasteiger partial charge in [0.15, 0.2) is 0 Å². The highest BCUT2D eigenvalue weighted by molar-refractivity contribution is 5.96. The van der Waals surface area contributed by atoms with Gasteiger partial charge in [0.25, 0.3) is 5.91 Å². The normalized spacial score (nSPS) is 11.8. The minimum absolute atomic E-state index is 0.113. The number of hydrogen-bond acceptors (Lipinski definition) is 4. The van der Waals surface area contributed by atoms with Crippen molar-refractivity contribution in [2.45, 2.75) is 32.7 Å². The number of aromatic nitrogens is 2. The molecule has 3 rings (SSSR count). The van der Waals surface area contributed by atoms with Gasteiger partial charge in [-0.25, -0.2) is 4.98 Å². The molecule has 0 aliphatic rings. The summed E-state index contributed by atoms with van der Waals surface area (Å²) in [6.45, 7) is 4.49. The van der Waals surface area contributed by atoms with E-state index in [0.29, 0.717) is 18.0 Å². The molecular weight excluding hydrogens is 368 g/mol. The van der Waals surface area contributed by atoms with Crippen molar-refractivity contribution < 1.29 is 14.3 Å². The summed E-state index contributed by atoms with van der Waals surface area (Å²) in [6.07, 6.45) is 2.06. The van der Waals surface area contributed by atoms with E-state index in [1.165, 1.54) is 0 Å². The van der Waals surface area contributed by atoms with E-state index in [1.54, 1.807) is 24.3 Å². The van der Waals surface area contributed by atoms with Crippen LogP contribution in [0, 0.1) is 0 Å². The van der Waals surface area contributed by atoms with Crippen molar-refractivity contribution in [1.29, 1.82) is 0 Å². The lowest BCUT2D eigenvalue weighted by Crippen LogP contribution is -2.38. The van der Waals surface area contributed by atoms with E-state index >= 15 is 0 Å². The number of aromatic amines is 1. The van der Waals surface area contributed by atoms with E-state index in [2.05, 4.69) is 27.5 Å². The molecule has 1 atom stereocenters. The van der Waals surface area contributed by atoms with Gasteiger partial charge in [-0.15, -0.1) is 0 Å². The van der Waals surface area contributed by atoms with Crippen molar-refractivity contribution in [2.24, 2.45) is 0 Å². The Kier molecular flexibility index (Phi) is 6.84. The predicted molar refractivity (Wildman–Crippen MR) is 112 cm³/mol. The first-order valence-electron chi connectivity index (χ1n) is 9.82. The molecule has 2 aromatic carbocycles. The lowest BCUT2D eigenvalue weighted by Gasteiger charge is -2.12. The highest BCUT2D eigenvalue weighted by Gasteiger charge is 2.14. The van der Waals surface area contributed by atoms with Crippen LogP contribution >= 0.6 is 0 Å². The van der Waals surface area contributed by atoms with Gasteiger partial charge in [-0.2, -0.15) is 0 Å². The monoisotopic (exact) mass is 394 g/mol. The summed E-state index contributed by atoms with van der Waals surface area (Å²) in [4.78, 5) is 32.1. The quantitative estimate of drug-likeness (QED) is 0.485. The number of nitrogens with zero attached hydrogens (tertiary/aromatic N) is 1. The molecule has 0 aliphatic carbocycles. The molecule has 0 bridgehead atoms. The zero-order valence-corrected chi connectivity index (χ0v) is 16.7. The van der Waals surface area contributed by atoms with Gasteiger partial charge in [-0.05, 0) is 49.7 Å². The number of carbonyl (C=O) groups excluding carboxylic acids is 2. The molecule has 1 aromatic heterocycles. The molecule has 0 spiro atoms. The molecule has 29 heavy (non-hydrogen) atoms. The number of unbranched alkanes of at least 4 members (excludes halogenated alkanes) is 1. The molecule has 152 valence electrons. The number of fused-ring (bicyclic) bond motifs is 1. The van der Waals surface area contributed by atoms with E-state index in [9.17, 15) is 9.59 Å². The summed E-state index contributed by atoms with van der Waals surface area (Å²) in [7, 11) is 0. The van der Waals surface area contributed by atoms with Crippen molar-refractivity contribution in [3.8, 4) is 5.75 Å². The van der Waals surface area contributed by atoms with Crippen molar-refractivity contribution >= 4 is 22.8 Å². The minimum atomic E-state index is -0.309. The Labute approximate surface area is 169 Å². The molecule has 1 unspecified atom stereocenters. The molecular formula is C22H26N4O3. The van der Waals surface area contributed by atoms with Crippen molar-refractivity contribution in [1.82, 2.24) is 20.6 Å². The summed E-state index contributed by atoms with van der Waals surface area (Å²) in [6, 6.07) is 14.3. The number of rotatable bonds is 9. The Bertz CT molecular complexity index is 933. The van der Waals surface area contributed by atoms with Gasteiger partial charge in [-0.1, -0.05) is 25.5 Å². The number of imidazole rings is 1. The van der Waals surface area contributed by atoms with Crippen molar-refractivity contribution in [3.63, 3.8) is 0 Å². The lowest BCUT2D eigenvalue weighted by molar-refractivity contribution is -0.120. The zero-order chi connectivity index (χ0) is 20.6. The Balaban J connectivity index is 1.47. The Morgan fingerprint density at radius 3 is 2.62 bits per heavy atom. The molecule has 0 saturated carbocycles. The van der Waals surface area contributed by atoms with E-state index < -0.39 is 0 Å². The first kappa shape index (κ1) is 20.4. The smallest absolute Gasteiger partial charge is 0.251 e. The standard InChI is InChI=1S/C22H26N4O3/c1-3-4-13-29-17-11-9-16(10-12-17)22(28)23-14-20(27)24-15(2)21-25-18-7-5-6-8-19(18)26-21/h5-12,15H,3-4,13-14H2,1-2H3,(H,23,28)(H,24,27)(H,25,26). The van der Waals surface area contributed by atoms with Gasteiger partial charge in [0.05, 0.1) is 30.2 Å². The highest BCUT2D eigenvalue weighted by atomic mass is 16.5. The third-order valence-corrected chi connectivity index (χ3v) is 4.49. The molecule has 0 radical (unpaired) electrons. The Hall–Kier alpha value is -3.35. The van der Waals surface area contributed by atoms with Crippen LogP contribution in [0.1, 0.15) is 48.9 Å². The van der Waals surface area contributed by atoms with Crippen LogP contribution < -0.4 is 15.4 Å². The summed E-state index contributed by atoms with van der Waals surface area (Å²) >= 11 is 0. The van der Waals surface area contributed by atoms with Crippen LogP contribution in [0.4, 0.5) is 0 Å². The third-order valence-electron chi connectivity index (χ3n) is 4.49. The van der Waals surface area contributed by atoms with Crippen LogP contribution in [0.25, 0.3) is 11.0 Å². The predicted octanol–water partition coefficient (Wildman–Crippen LogP) is 3.35. The average Bonchev–Trinajstić information content (AvgIpc) is 3.17. The number of amides is 2. The summed E-state index contributed by atoms with van der Waals surface area (Å²) in [5, 5.41) is 5.47. The second-order valence-corrected chi connectivity index (χ2v) is 6.84. The van der Waals surface area contributed by atoms with Gasteiger partial charge < -0.3 is 20.4 Å². The van der Waals surface area contributed by atoms with Gasteiger partial charge in [0.2, 0.25) is 5.91 Å². The number of ether oxygens (including phenoxy) is 1. The fraction of sp³-hybridized carbons (Fsp3) is 0.318. The number of para-hydroxylation sites is 2. The fourth-order valence-corrected chi connectivity index (χ4v) is 2.84. The zero-order valence-electron chi connectivity index (χ0n) is 16.7. The van der Waals surface area contributed by atoms with Gasteiger partial charge in [-0.3, -0.25) is 9.59 Å². The average molecular weight is 394 g/mol. The lowest BCUT2D eigenvalue weighted by atomic mass is 10.2. The number of benzene rings is 2. The second-order valence-electron chi connectivity index (χ2n) is 6.84. The second kappa shape index (κ2) is 9.73. The summed E-state index contributed by atoms with van der Waals surface area (Å²) in [5.74, 6) is 0.805. The Morgan fingerprint density at radius 1 is 1.14 bits per heavy atom. The van der Waals surface area contributed by atoms with Crippen LogP contribution in [-0.2, 0) is 4.79 Å². The highest BCUT2D eigenvalue weighted by Crippen LogP contribution is 2.15. The molecule has 0 fully saturated rings. The third kappa shape index (κ3) is 5.57. The van der Waals surface area contributed by atoms with Gasteiger partial charge >= 0.3 is 0 Å². The van der Waals surface area contributed by atoms with E-state index in [-0.39, 0.29) is 24.4 Å². The maximum Gasteiger partial charge on any atom is 0.251 e. The maximum atomic E-state index is 12.2. The first-order valence-corrected chi connectivity index (χ1v) is 9.82. The first-order chi connectivity index (χ1) is 14.1. The SMILES string of the molecule is CCCCOc1ccc(C(=O)NCC(=O)NC(C)c2nc3ccccc3[nH]2)cc1. The largest absolute Gasteiger partial charge is 0.494 e. The maximum absolute atomic E-state index is 12.2. The number of carbonyl (C=O) groups is 2. The summed E-state index contributed by atoms with van der Waals surface area (Å²) < 4.78 is 5.58. The number of H-pyrrole nitrogens is 1. The van der Waals surface area contributed by atoms with Crippen molar-refractivity contribution in [2.75, 3.05) is 13.2 Å². The van der Waals surface area contributed by atoms with E-state index in [0.717, 1.165) is 29.6 Å². The Morgan fingerprint density at radius 2 is 1.90 bits per heavy atom. The molecule has 1 heterocycles. The molecule has 3 aromatic rings. The van der Waals surface area contributed by atoms with E-state index in [1.807, 2.05) is 31.2 Å². The molecule has 7 nitrogen and oxygen atoms in total. The van der Waals surface area contributed by atoms with Gasteiger partial charge in [0, 0.05) is 5.56 Å². The van der Waals surface area contributed by atoms with Crippen molar-refractivity contribution in [3.05, 3.63) is 59.9 Å². The number of hydrogen-bond donors (Lipinski definition) is 3. The van der Waals surface area contributed by atoms with Crippen LogP contribution in [0.3, 0.4) is 0 Å². The van der Waals surface area contributed by atoms with Crippen LogP contribution in [0.5, 0.6) is 5.75 Å².